The van der Waals surface area contributed by atoms with Gasteiger partial charge in [-0.3, -0.25) is 9.59 Å². The molecule has 31 heavy (non-hydrogen) atoms. The van der Waals surface area contributed by atoms with Crippen molar-refractivity contribution in [3.8, 4) is 22.4 Å². The van der Waals surface area contributed by atoms with E-state index in [9.17, 15) is 9.59 Å². The van der Waals surface area contributed by atoms with Crippen molar-refractivity contribution in [3.63, 3.8) is 0 Å². The highest BCUT2D eigenvalue weighted by atomic mass is 16.2. The van der Waals surface area contributed by atoms with Gasteiger partial charge in [-0.05, 0) is 31.6 Å². The maximum absolute atomic E-state index is 13.2. The Morgan fingerprint density at radius 3 is 2.13 bits per heavy atom. The first kappa shape index (κ1) is 22.4. The first-order valence-corrected chi connectivity index (χ1v) is 10.8. The lowest BCUT2D eigenvalue weighted by molar-refractivity contribution is 0.0950. The highest BCUT2D eigenvalue weighted by molar-refractivity contribution is 6.03. The molecule has 0 aliphatic carbocycles. The van der Waals surface area contributed by atoms with Crippen LogP contribution in [0.5, 0.6) is 0 Å². The van der Waals surface area contributed by atoms with Crippen molar-refractivity contribution in [2.75, 3.05) is 26.2 Å². The molecule has 1 N–H and O–H groups in total. The Morgan fingerprint density at radius 1 is 0.968 bits per heavy atom. The Labute approximate surface area is 183 Å². The van der Waals surface area contributed by atoms with Gasteiger partial charge in [-0.1, -0.05) is 74.5 Å². The molecule has 0 bridgehead atoms. The molecule has 0 aliphatic heterocycles. The maximum atomic E-state index is 13.2. The van der Waals surface area contributed by atoms with Crippen LogP contribution in [0.1, 0.15) is 30.6 Å². The van der Waals surface area contributed by atoms with E-state index in [1.54, 1.807) is 7.05 Å². The summed E-state index contributed by atoms with van der Waals surface area (Å²) in [6, 6.07) is 19.1. The predicted octanol–water partition coefficient (Wildman–Crippen LogP) is 3.58. The van der Waals surface area contributed by atoms with Crippen LogP contribution in [0.4, 0.5) is 0 Å². The van der Waals surface area contributed by atoms with E-state index in [4.69, 9.17) is 0 Å². The Morgan fingerprint density at radius 2 is 1.55 bits per heavy atom. The Balaban J connectivity index is 2.02. The lowest BCUT2D eigenvalue weighted by atomic mass is 9.95. The third-order valence-corrected chi connectivity index (χ3v) is 5.41. The van der Waals surface area contributed by atoms with E-state index in [0.29, 0.717) is 17.8 Å². The largest absolute Gasteiger partial charge is 0.352 e. The number of aromatic nitrogens is 2. The maximum Gasteiger partial charge on any atom is 0.280 e. The molecule has 1 amide bonds. The summed E-state index contributed by atoms with van der Waals surface area (Å²) in [6.45, 7) is 7.63. The lowest BCUT2D eigenvalue weighted by Crippen LogP contribution is -2.36. The summed E-state index contributed by atoms with van der Waals surface area (Å²) in [5, 5.41) is 7.47. The number of amides is 1. The molecule has 0 atom stereocenters. The number of carbonyl (C=O) groups excluding carboxylic acids is 1. The van der Waals surface area contributed by atoms with Gasteiger partial charge in [0.1, 0.15) is 5.56 Å². The summed E-state index contributed by atoms with van der Waals surface area (Å²) in [5.41, 5.74) is 2.55. The van der Waals surface area contributed by atoms with E-state index in [0.717, 1.165) is 37.2 Å². The molecule has 6 heteroatoms. The molecule has 1 heterocycles. The standard InChI is InChI=1S/C25H30N4O2/c1-4-29(5-2)18-12-17-26-24(30)22-21(19-13-8-6-9-14-19)23(27-28(3)25(22)31)20-15-10-7-11-16-20/h6-11,13-16H,4-5,12,17-18H2,1-3H3,(H,26,30). The first-order chi connectivity index (χ1) is 15.1. The van der Waals surface area contributed by atoms with Crippen molar-refractivity contribution in [2.45, 2.75) is 20.3 Å². The van der Waals surface area contributed by atoms with Crippen LogP contribution in [0.2, 0.25) is 0 Å². The third kappa shape index (κ3) is 5.27. The quantitative estimate of drug-likeness (QED) is 0.540. The Bertz CT molecular complexity index is 1060. The molecule has 0 saturated carbocycles. The van der Waals surface area contributed by atoms with Gasteiger partial charge in [0.15, 0.2) is 0 Å². The van der Waals surface area contributed by atoms with E-state index < -0.39 is 5.56 Å². The highest BCUT2D eigenvalue weighted by Crippen LogP contribution is 2.31. The van der Waals surface area contributed by atoms with Crippen molar-refractivity contribution >= 4 is 5.91 Å². The summed E-state index contributed by atoms with van der Waals surface area (Å²) < 4.78 is 1.25. The second-order valence-electron chi connectivity index (χ2n) is 7.40. The number of benzene rings is 2. The minimum Gasteiger partial charge on any atom is -0.352 e. The van der Waals surface area contributed by atoms with Crippen LogP contribution in [0.3, 0.4) is 0 Å². The summed E-state index contributed by atoms with van der Waals surface area (Å²) in [6.07, 6.45) is 0.824. The summed E-state index contributed by atoms with van der Waals surface area (Å²) in [7, 11) is 1.58. The van der Waals surface area contributed by atoms with Crippen LogP contribution in [0.25, 0.3) is 22.4 Å². The summed E-state index contributed by atoms with van der Waals surface area (Å²) in [5.74, 6) is -0.362. The van der Waals surface area contributed by atoms with Crippen LogP contribution in [-0.4, -0.2) is 46.8 Å². The molecule has 0 fully saturated rings. The summed E-state index contributed by atoms with van der Waals surface area (Å²) >= 11 is 0. The second-order valence-corrected chi connectivity index (χ2v) is 7.40. The predicted molar refractivity (Wildman–Crippen MR) is 125 cm³/mol. The number of nitrogens with one attached hydrogen (secondary N) is 1. The van der Waals surface area contributed by atoms with Gasteiger partial charge in [0.25, 0.3) is 11.5 Å². The zero-order valence-electron chi connectivity index (χ0n) is 18.5. The molecule has 0 radical (unpaired) electrons. The van der Waals surface area contributed by atoms with E-state index >= 15 is 0 Å². The normalized spacial score (nSPS) is 11.0. The molecule has 0 spiro atoms. The third-order valence-electron chi connectivity index (χ3n) is 5.41. The van der Waals surface area contributed by atoms with Crippen LogP contribution in [0, 0.1) is 0 Å². The number of rotatable bonds is 9. The first-order valence-electron chi connectivity index (χ1n) is 10.8. The monoisotopic (exact) mass is 418 g/mol. The fourth-order valence-corrected chi connectivity index (χ4v) is 3.66. The molecular weight excluding hydrogens is 388 g/mol. The SMILES string of the molecule is CCN(CC)CCCNC(=O)c1c(-c2ccccc2)c(-c2ccccc2)nn(C)c1=O. The number of hydrogen-bond acceptors (Lipinski definition) is 4. The van der Waals surface area contributed by atoms with Gasteiger partial charge in [-0.2, -0.15) is 5.10 Å². The van der Waals surface area contributed by atoms with Gasteiger partial charge < -0.3 is 10.2 Å². The molecule has 1 aromatic heterocycles. The van der Waals surface area contributed by atoms with Crippen molar-refractivity contribution in [2.24, 2.45) is 7.05 Å². The van der Waals surface area contributed by atoms with E-state index in [2.05, 4.69) is 29.2 Å². The molecule has 3 rings (SSSR count). The van der Waals surface area contributed by atoms with Gasteiger partial charge in [0.2, 0.25) is 0 Å². The lowest BCUT2D eigenvalue weighted by Gasteiger charge is -2.18. The second kappa shape index (κ2) is 10.7. The fourth-order valence-electron chi connectivity index (χ4n) is 3.66. The number of nitrogens with zero attached hydrogens (tertiary/aromatic N) is 3. The molecule has 0 unspecified atom stereocenters. The highest BCUT2D eigenvalue weighted by Gasteiger charge is 2.24. The van der Waals surface area contributed by atoms with Crippen LogP contribution >= 0.6 is 0 Å². The van der Waals surface area contributed by atoms with Crippen molar-refractivity contribution in [1.29, 1.82) is 0 Å². The molecule has 0 aliphatic rings. The molecule has 0 saturated heterocycles. The minimum atomic E-state index is -0.403. The number of carbonyl (C=O) groups is 1. The van der Waals surface area contributed by atoms with Crippen LogP contribution in [-0.2, 0) is 7.05 Å². The fraction of sp³-hybridized carbons (Fsp3) is 0.320. The van der Waals surface area contributed by atoms with E-state index in [1.165, 1.54) is 4.68 Å². The van der Waals surface area contributed by atoms with Gasteiger partial charge in [-0.15, -0.1) is 0 Å². The topological polar surface area (TPSA) is 67.2 Å². The molecule has 6 nitrogen and oxygen atoms in total. The Kier molecular flexibility index (Phi) is 7.73. The smallest absolute Gasteiger partial charge is 0.280 e. The van der Waals surface area contributed by atoms with E-state index in [-0.39, 0.29) is 11.5 Å². The van der Waals surface area contributed by atoms with Crippen molar-refractivity contribution in [1.82, 2.24) is 20.0 Å². The van der Waals surface area contributed by atoms with Gasteiger partial charge >= 0.3 is 0 Å². The van der Waals surface area contributed by atoms with Gasteiger partial charge in [0, 0.05) is 24.7 Å². The minimum absolute atomic E-state index is 0.130. The van der Waals surface area contributed by atoms with Crippen molar-refractivity contribution < 1.29 is 4.79 Å². The van der Waals surface area contributed by atoms with Crippen LogP contribution in [0.15, 0.2) is 65.5 Å². The van der Waals surface area contributed by atoms with Gasteiger partial charge in [0.05, 0.1) is 5.69 Å². The molecule has 3 aromatic rings. The summed E-state index contributed by atoms with van der Waals surface area (Å²) in [4.78, 5) is 28.6. The number of hydrogen-bond donors (Lipinski definition) is 1. The zero-order chi connectivity index (χ0) is 22.2. The zero-order valence-corrected chi connectivity index (χ0v) is 18.5. The van der Waals surface area contributed by atoms with Gasteiger partial charge in [-0.25, -0.2) is 4.68 Å². The molecule has 162 valence electrons. The molecular formula is C25H30N4O2. The number of aryl methyl sites for hydroxylation is 1. The average molecular weight is 419 g/mol. The average Bonchev–Trinajstić information content (AvgIpc) is 2.81. The Hall–Kier alpha value is -3.25. The van der Waals surface area contributed by atoms with E-state index in [1.807, 2.05) is 60.7 Å². The van der Waals surface area contributed by atoms with Crippen LogP contribution < -0.4 is 10.9 Å². The van der Waals surface area contributed by atoms with Crippen molar-refractivity contribution in [3.05, 3.63) is 76.6 Å². The molecule has 2 aromatic carbocycles.